The molecule has 2 aromatic heterocycles. The van der Waals surface area contributed by atoms with E-state index < -0.39 is 0 Å². The van der Waals surface area contributed by atoms with Gasteiger partial charge in [0.15, 0.2) is 5.82 Å². The Morgan fingerprint density at radius 3 is 2.85 bits per heavy atom. The molecule has 0 bridgehead atoms. The fraction of sp³-hybridized carbons (Fsp3) is 0.556. The standard InChI is InChI=1S/C18H24N8O/c1-11(2)17(27)21-15-9-19-16-13-10-26(18-22-24-25(3)23-18)8-7-12(13)5-4-6-14(16)20-15/h9,11H,4-8,10H2,1-3H3,(H,20,21,27). The first-order valence-corrected chi connectivity index (χ1v) is 9.38. The minimum atomic E-state index is -0.0914. The van der Waals surface area contributed by atoms with Crippen LogP contribution in [0.1, 0.15) is 44.5 Å². The summed E-state index contributed by atoms with van der Waals surface area (Å²) in [7, 11) is 1.77. The fourth-order valence-corrected chi connectivity index (χ4v) is 3.55. The lowest BCUT2D eigenvalue weighted by molar-refractivity contribution is -0.118. The number of fused-ring (bicyclic) bond motifs is 2. The lowest BCUT2D eigenvalue weighted by Gasteiger charge is -2.29. The molecule has 1 aliphatic carbocycles. The van der Waals surface area contributed by atoms with Crippen LogP contribution < -0.4 is 10.2 Å². The summed E-state index contributed by atoms with van der Waals surface area (Å²) in [5.74, 6) is 1.03. The molecule has 0 radical (unpaired) electrons. The highest BCUT2D eigenvalue weighted by Gasteiger charge is 2.27. The summed E-state index contributed by atoms with van der Waals surface area (Å²) in [4.78, 5) is 25.0. The van der Waals surface area contributed by atoms with Crippen LogP contribution in [-0.4, -0.2) is 49.2 Å². The monoisotopic (exact) mass is 368 g/mol. The number of hydrogen-bond acceptors (Lipinski definition) is 7. The van der Waals surface area contributed by atoms with E-state index in [1.54, 1.807) is 13.2 Å². The van der Waals surface area contributed by atoms with Gasteiger partial charge in [-0.2, -0.15) is 4.80 Å². The van der Waals surface area contributed by atoms with Crippen molar-refractivity contribution in [3.63, 3.8) is 0 Å². The second-order valence-electron chi connectivity index (χ2n) is 7.38. The molecule has 0 aromatic carbocycles. The molecule has 9 nitrogen and oxygen atoms in total. The molecule has 27 heavy (non-hydrogen) atoms. The van der Waals surface area contributed by atoms with Crippen LogP contribution in [0.15, 0.2) is 11.8 Å². The molecule has 2 aromatic rings. The van der Waals surface area contributed by atoms with Crippen LogP contribution in [0.2, 0.25) is 0 Å². The van der Waals surface area contributed by atoms with Gasteiger partial charge in [-0.25, -0.2) is 4.98 Å². The molecule has 0 atom stereocenters. The lowest BCUT2D eigenvalue weighted by Crippen LogP contribution is -2.32. The second-order valence-corrected chi connectivity index (χ2v) is 7.38. The van der Waals surface area contributed by atoms with Crippen molar-refractivity contribution in [2.24, 2.45) is 13.0 Å². The quantitative estimate of drug-likeness (QED) is 0.878. The number of tetrazole rings is 1. The van der Waals surface area contributed by atoms with Crippen LogP contribution in [-0.2, 0) is 18.3 Å². The number of amides is 1. The van der Waals surface area contributed by atoms with Gasteiger partial charge in [0, 0.05) is 19.0 Å². The Morgan fingerprint density at radius 1 is 1.26 bits per heavy atom. The van der Waals surface area contributed by atoms with Gasteiger partial charge in [0.1, 0.15) is 0 Å². The van der Waals surface area contributed by atoms with Gasteiger partial charge in [-0.15, -0.1) is 5.10 Å². The summed E-state index contributed by atoms with van der Waals surface area (Å²) in [6, 6.07) is 0. The van der Waals surface area contributed by atoms with Gasteiger partial charge in [-0.1, -0.05) is 24.5 Å². The molecule has 0 unspecified atom stereocenters. The number of nitrogens with zero attached hydrogens (tertiary/aromatic N) is 7. The molecule has 4 rings (SSSR count). The highest BCUT2D eigenvalue weighted by atomic mass is 16.1. The molecule has 1 amide bonds. The number of anilines is 2. The number of carbonyl (C=O) groups excluding carboxylic acids is 1. The van der Waals surface area contributed by atoms with Gasteiger partial charge in [-0.05, 0) is 36.5 Å². The number of aryl methyl sites for hydroxylation is 2. The van der Waals surface area contributed by atoms with Gasteiger partial charge < -0.3 is 10.2 Å². The number of hydrogen-bond donors (Lipinski definition) is 1. The van der Waals surface area contributed by atoms with Gasteiger partial charge >= 0.3 is 0 Å². The maximum atomic E-state index is 12.0. The van der Waals surface area contributed by atoms with Gasteiger partial charge in [0.05, 0.1) is 24.6 Å². The van der Waals surface area contributed by atoms with E-state index in [0.29, 0.717) is 18.3 Å². The summed E-state index contributed by atoms with van der Waals surface area (Å²) in [5, 5.41) is 15.3. The van der Waals surface area contributed by atoms with E-state index in [4.69, 9.17) is 4.98 Å². The second kappa shape index (κ2) is 7.05. The molecule has 2 aliphatic rings. The Labute approximate surface area is 157 Å². The molecule has 1 aliphatic heterocycles. The Bertz CT molecular complexity index is 901. The van der Waals surface area contributed by atoms with Crippen LogP contribution in [0.4, 0.5) is 11.8 Å². The minimum Gasteiger partial charge on any atom is -0.333 e. The number of nitrogens with one attached hydrogen (secondary N) is 1. The van der Waals surface area contributed by atoms with Crippen molar-refractivity contribution < 1.29 is 4.79 Å². The van der Waals surface area contributed by atoms with E-state index in [0.717, 1.165) is 43.6 Å². The zero-order valence-corrected chi connectivity index (χ0v) is 15.9. The van der Waals surface area contributed by atoms with E-state index in [1.807, 2.05) is 13.8 Å². The fourth-order valence-electron chi connectivity index (χ4n) is 3.55. The maximum absolute atomic E-state index is 12.0. The van der Waals surface area contributed by atoms with E-state index in [-0.39, 0.29) is 11.8 Å². The highest BCUT2D eigenvalue weighted by molar-refractivity contribution is 5.91. The normalized spacial score (nSPS) is 16.8. The van der Waals surface area contributed by atoms with Gasteiger partial charge in [-0.3, -0.25) is 9.78 Å². The molecular formula is C18H24N8O. The zero-order chi connectivity index (χ0) is 19.0. The molecule has 0 saturated heterocycles. The summed E-state index contributed by atoms with van der Waals surface area (Å²) in [5.41, 5.74) is 4.56. The molecule has 0 spiro atoms. The van der Waals surface area contributed by atoms with Crippen molar-refractivity contribution in [1.82, 2.24) is 30.2 Å². The summed E-state index contributed by atoms with van der Waals surface area (Å²) in [6.45, 7) is 5.32. The van der Waals surface area contributed by atoms with E-state index >= 15 is 0 Å². The first-order valence-electron chi connectivity index (χ1n) is 9.38. The van der Waals surface area contributed by atoms with Crippen molar-refractivity contribution in [2.45, 2.75) is 39.5 Å². The Balaban J connectivity index is 1.63. The summed E-state index contributed by atoms with van der Waals surface area (Å²) in [6.07, 6.45) is 5.60. The maximum Gasteiger partial charge on any atom is 0.266 e. The average molecular weight is 368 g/mol. The van der Waals surface area contributed by atoms with Crippen LogP contribution in [0.25, 0.3) is 5.57 Å². The van der Waals surface area contributed by atoms with Crippen LogP contribution in [0.5, 0.6) is 0 Å². The largest absolute Gasteiger partial charge is 0.333 e. The van der Waals surface area contributed by atoms with Gasteiger partial charge in [0.2, 0.25) is 5.91 Å². The first kappa shape index (κ1) is 17.6. The van der Waals surface area contributed by atoms with Crippen molar-refractivity contribution >= 4 is 23.2 Å². The Hall–Kier alpha value is -2.84. The Kier molecular flexibility index (Phi) is 4.59. The van der Waals surface area contributed by atoms with Crippen molar-refractivity contribution in [3.05, 3.63) is 23.2 Å². The zero-order valence-electron chi connectivity index (χ0n) is 15.9. The topological polar surface area (TPSA) is 102 Å². The number of carbonyl (C=O) groups is 1. The van der Waals surface area contributed by atoms with Crippen LogP contribution in [0, 0.1) is 5.92 Å². The minimum absolute atomic E-state index is 0.0460. The van der Waals surface area contributed by atoms with Gasteiger partial charge in [0.25, 0.3) is 5.95 Å². The third-order valence-corrected chi connectivity index (χ3v) is 5.04. The van der Waals surface area contributed by atoms with Crippen LogP contribution in [0.3, 0.4) is 0 Å². The Morgan fingerprint density at radius 2 is 2.11 bits per heavy atom. The predicted molar refractivity (Wildman–Crippen MR) is 101 cm³/mol. The molecule has 0 saturated carbocycles. The molecule has 142 valence electrons. The molecule has 0 fully saturated rings. The van der Waals surface area contributed by atoms with Crippen molar-refractivity contribution in [3.8, 4) is 0 Å². The third-order valence-electron chi connectivity index (χ3n) is 5.04. The van der Waals surface area contributed by atoms with E-state index in [9.17, 15) is 4.79 Å². The summed E-state index contributed by atoms with van der Waals surface area (Å²) < 4.78 is 0. The van der Waals surface area contributed by atoms with E-state index in [2.05, 4.69) is 30.6 Å². The van der Waals surface area contributed by atoms with E-state index in [1.165, 1.54) is 15.9 Å². The molecular weight excluding hydrogens is 344 g/mol. The average Bonchev–Trinajstić information content (AvgIpc) is 3.00. The lowest BCUT2D eigenvalue weighted by atomic mass is 9.96. The molecule has 3 heterocycles. The third kappa shape index (κ3) is 3.54. The summed E-state index contributed by atoms with van der Waals surface area (Å²) >= 11 is 0. The highest BCUT2D eigenvalue weighted by Crippen LogP contribution is 2.34. The van der Waals surface area contributed by atoms with Crippen molar-refractivity contribution in [2.75, 3.05) is 23.3 Å². The predicted octanol–water partition coefficient (Wildman–Crippen LogP) is 1.59. The molecule has 1 N–H and O–H groups in total. The number of rotatable bonds is 3. The first-order chi connectivity index (χ1) is 13.0. The van der Waals surface area contributed by atoms with Crippen LogP contribution >= 0.6 is 0 Å². The van der Waals surface area contributed by atoms with Crippen molar-refractivity contribution in [1.29, 1.82) is 0 Å². The smallest absolute Gasteiger partial charge is 0.266 e. The molecule has 9 heteroatoms. The SMILES string of the molecule is CC(C)C(=O)Nc1cnc2c(n1)CCCC1=C2CN(c2nnn(C)n2)CC1. The number of aromatic nitrogens is 6.